The van der Waals surface area contributed by atoms with Crippen LogP contribution in [-0.2, 0) is 11.3 Å². The maximum atomic E-state index is 12.8. The zero-order chi connectivity index (χ0) is 17.3. The molecule has 128 valence electrons. The minimum atomic E-state index is -0.467. The van der Waals surface area contributed by atoms with E-state index in [0.29, 0.717) is 23.2 Å². The van der Waals surface area contributed by atoms with Gasteiger partial charge in [0.1, 0.15) is 18.2 Å². The monoisotopic (exact) mass is 328 g/mol. The molecule has 0 bridgehead atoms. The second-order valence-electron chi connectivity index (χ2n) is 7.00. The summed E-state index contributed by atoms with van der Waals surface area (Å²) in [5, 5.41) is 13.4. The van der Waals surface area contributed by atoms with E-state index in [1.54, 1.807) is 13.8 Å². The van der Waals surface area contributed by atoms with Gasteiger partial charge >= 0.3 is 0 Å². The molecular weight excluding hydrogens is 304 g/mol. The van der Waals surface area contributed by atoms with Crippen LogP contribution in [0.3, 0.4) is 0 Å². The molecule has 6 heteroatoms. The summed E-state index contributed by atoms with van der Waals surface area (Å²) in [4.78, 5) is 27.2. The fourth-order valence-corrected chi connectivity index (χ4v) is 4.16. The van der Waals surface area contributed by atoms with Gasteiger partial charge in [0, 0.05) is 12.6 Å². The van der Waals surface area contributed by atoms with E-state index in [4.69, 9.17) is 0 Å². The Morgan fingerprint density at radius 1 is 1.25 bits per heavy atom. The summed E-state index contributed by atoms with van der Waals surface area (Å²) in [6.07, 6.45) is 6.93. The molecule has 0 radical (unpaired) electrons. The van der Waals surface area contributed by atoms with Crippen molar-refractivity contribution in [1.29, 1.82) is 5.26 Å². The third kappa shape index (κ3) is 2.95. The van der Waals surface area contributed by atoms with E-state index in [0.717, 1.165) is 24.1 Å². The number of piperidine rings is 1. The SMILES string of the molecule is Cc1nn(CC(=O)N2CCC[C@H]3CCCC[C@H]32)c(=O)c(C#N)c1C. The average Bonchev–Trinajstić information content (AvgIpc) is 2.59. The van der Waals surface area contributed by atoms with Crippen molar-refractivity contribution < 1.29 is 4.79 Å². The summed E-state index contributed by atoms with van der Waals surface area (Å²) in [7, 11) is 0. The van der Waals surface area contributed by atoms with E-state index in [1.165, 1.54) is 25.7 Å². The molecule has 1 amide bonds. The molecule has 1 saturated carbocycles. The predicted octanol–water partition coefficient (Wildman–Crippen LogP) is 1.91. The van der Waals surface area contributed by atoms with Gasteiger partial charge in [-0.2, -0.15) is 10.4 Å². The molecule has 6 nitrogen and oxygen atoms in total. The number of rotatable bonds is 2. The van der Waals surface area contributed by atoms with Gasteiger partial charge in [0.15, 0.2) is 0 Å². The van der Waals surface area contributed by atoms with Crippen molar-refractivity contribution in [3.8, 4) is 6.07 Å². The first kappa shape index (κ1) is 16.7. The average molecular weight is 328 g/mol. The molecule has 24 heavy (non-hydrogen) atoms. The van der Waals surface area contributed by atoms with Gasteiger partial charge in [-0.1, -0.05) is 12.8 Å². The van der Waals surface area contributed by atoms with Gasteiger partial charge in [-0.05, 0) is 51.0 Å². The number of hydrogen-bond acceptors (Lipinski definition) is 4. The van der Waals surface area contributed by atoms with Crippen LogP contribution in [0.15, 0.2) is 4.79 Å². The van der Waals surface area contributed by atoms with Crippen LogP contribution in [0.4, 0.5) is 0 Å². The zero-order valence-corrected chi connectivity index (χ0v) is 14.4. The minimum Gasteiger partial charge on any atom is -0.338 e. The lowest BCUT2D eigenvalue weighted by atomic mass is 9.78. The second kappa shape index (κ2) is 6.76. The Hall–Kier alpha value is -2.16. The van der Waals surface area contributed by atoms with E-state index in [1.807, 2.05) is 11.0 Å². The highest BCUT2D eigenvalue weighted by molar-refractivity contribution is 5.76. The molecule has 2 aliphatic rings. The van der Waals surface area contributed by atoms with E-state index in [2.05, 4.69) is 5.10 Å². The largest absolute Gasteiger partial charge is 0.338 e. The number of fused-ring (bicyclic) bond motifs is 1. The van der Waals surface area contributed by atoms with Gasteiger partial charge in [-0.3, -0.25) is 9.59 Å². The molecule has 1 aliphatic heterocycles. The Kier molecular flexibility index (Phi) is 4.70. The maximum Gasteiger partial charge on any atom is 0.285 e. The van der Waals surface area contributed by atoms with Crippen molar-refractivity contribution in [1.82, 2.24) is 14.7 Å². The van der Waals surface area contributed by atoms with Gasteiger partial charge in [-0.25, -0.2) is 4.68 Å². The van der Waals surface area contributed by atoms with Crippen molar-refractivity contribution in [3.63, 3.8) is 0 Å². The quantitative estimate of drug-likeness (QED) is 0.831. The van der Waals surface area contributed by atoms with E-state index in [9.17, 15) is 14.9 Å². The molecule has 2 heterocycles. The Bertz CT molecular complexity index is 745. The summed E-state index contributed by atoms with van der Waals surface area (Å²) < 4.78 is 1.16. The number of aryl methyl sites for hydroxylation is 1. The molecule has 0 unspecified atom stereocenters. The number of aromatic nitrogens is 2. The fourth-order valence-electron chi connectivity index (χ4n) is 4.16. The Morgan fingerprint density at radius 2 is 1.96 bits per heavy atom. The number of nitriles is 1. The van der Waals surface area contributed by atoms with Gasteiger partial charge in [0.25, 0.3) is 5.56 Å². The smallest absolute Gasteiger partial charge is 0.285 e. The summed E-state index contributed by atoms with van der Waals surface area (Å²) in [5.74, 6) is 0.559. The lowest BCUT2D eigenvalue weighted by Gasteiger charge is -2.44. The maximum absolute atomic E-state index is 12.8. The van der Waals surface area contributed by atoms with Crippen LogP contribution >= 0.6 is 0 Å². The van der Waals surface area contributed by atoms with Crippen molar-refractivity contribution in [2.24, 2.45) is 5.92 Å². The molecule has 2 fully saturated rings. The minimum absolute atomic E-state index is 0.0478. The summed E-state index contributed by atoms with van der Waals surface area (Å²) in [5.41, 5.74) is 0.834. The Labute approximate surface area is 142 Å². The predicted molar refractivity (Wildman–Crippen MR) is 89.4 cm³/mol. The number of carbonyl (C=O) groups excluding carboxylic acids is 1. The van der Waals surface area contributed by atoms with Crippen LogP contribution in [-0.4, -0.2) is 33.2 Å². The van der Waals surface area contributed by atoms with Crippen LogP contribution < -0.4 is 5.56 Å². The van der Waals surface area contributed by atoms with E-state index < -0.39 is 5.56 Å². The molecule has 0 aromatic carbocycles. The van der Waals surface area contributed by atoms with E-state index in [-0.39, 0.29) is 18.0 Å². The molecule has 0 spiro atoms. The van der Waals surface area contributed by atoms with Crippen LogP contribution in [0.25, 0.3) is 0 Å². The first-order valence-corrected chi connectivity index (χ1v) is 8.80. The normalized spacial score (nSPS) is 23.5. The lowest BCUT2D eigenvalue weighted by Crippen LogP contribution is -2.51. The molecule has 3 rings (SSSR count). The van der Waals surface area contributed by atoms with E-state index >= 15 is 0 Å². The standard InChI is InChI=1S/C18H24N4O2/c1-12-13(2)20-22(18(24)15(12)10-19)11-17(23)21-9-5-7-14-6-3-4-8-16(14)21/h14,16H,3-9,11H2,1-2H3/t14-,16-/m1/s1. The Morgan fingerprint density at radius 3 is 2.71 bits per heavy atom. The van der Waals surface area contributed by atoms with Gasteiger partial charge < -0.3 is 4.90 Å². The topological polar surface area (TPSA) is 79.0 Å². The number of hydrogen-bond donors (Lipinski definition) is 0. The molecule has 1 saturated heterocycles. The number of carbonyl (C=O) groups is 1. The highest BCUT2D eigenvalue weighted by Gasteiger charge is 2.35. The van der Waals surface area contributed by atoms with Crippen molar-refractivity contribution >= 4 is 5.91 Å². The molecule has 0 N–H and O–H groups in total. The highest BCUT2D eigenvalue weighted by atomic mass is 16.2. The zero-order valence-electron chi connectivity index (χ0n) is 14.4. The van der Waals surface area contributed by atoms with Crippen LogP contribution in [0.1, 0.15) is 55.3 Å². The van der Waals surface area contributed by atoms with Crippen molar-refractivity contribution in [3.05, 3.63) is 27.2 Å². The highest BCUT2D eigenvalue weighted by Crippen LogP contribution is 2.35. The molecule has 1 aliphatic carbocycles. The van der Waals surface area contributed by atoms with Crippen LogP contribution in [0.2, 0.25) is 0 Å². The third-order valence-corrected chi connectivity index (χ3v) is 5.60. The van der Waals surface area contributed by atoms with Crippen molar-refractivity contribution in [2.45, 2.75) is 65.0 Å². The van der Waals surface area contributed by atoms with Crippen molar-refractivity contribution in [2.75, 3.05) is 6.54 Å². The fraction of sp³-hybridized carbons (Fsp3) is 0.667. The van der Waals surface area contributed by atoms with Crippen LogP contribution in [0.5, 0.6) is 0 Å². The number of amides is 1. The second-order valence-corrected chi connectivity index (χ2v) is 7.00. The summed E-state index contributed by atoms with van der Waals surface area (Å²) in [6, 6.07) is 2.26. The molecule has 1 aromatic heterocycles. The molecular formula is C18H24N4O2. The first-order chi connectivity index (χ1) is 11.5. The summed E-state index contributed by atoms with van der Waals surface area (Å²) in [6.45, 7) is 4.17. The number of nitrogens with zero attached hydrogens (tertiary/aromatic N) is 4. The van der Waals surface area contributed by atoms with Crippen LogP contribution in [0, 0.1) is 31.1 Å². The Balaban J connectivity index is 1.84. The molecule has 1 aromatic rings. The van der Waals surface area contributed by atoms with Gasteiger partial charge in [0.05, 0.1) is 5.69 Å². The lowest BCUT2D eigenvalue weighted by molar-refractivity contribution is -0.138. The van der Waals surface area contributed by atoms with Gasteiger partial charge in [-0.15, -0.1) is 0 Å². The summed E-state index contributed by atoms with van der Waals surface area (Å²) >= 11 is 0. The molecule has 2 atom stereocenters. The third-order valence-electron chi connectivity index (χ3n) is 5.60. The first-order valence-electron chi connectivity index (χ1n) is 8.80. The number of likely N-dealkylation sites (tertiary alicyclic amines) is 1. The van der Waals surface area contributed by atoms with Gasteiger partial charge in [0.2, 0.25) is 5.91 Å².